The van der Waals surface area contributed by atoms with E-state index in [0.29, 0.717) is 11.5 Å². The summed E-state index contributed by atoms with van der Waals surface area (Å²) in [6.07, 6.45) is 1.60. The fraction of sp³-hybridized carbons (Fsp3) is 0. The molecule has 3 heterocycles. The molecular formula is C23H15N3O3S2. The molecule has 0 atom stereocenters. The van der Waals surface area contributed by atoms with E-state index in [1.54, 1.807) is 18.4 Å². The largest absolute Gasteiger partial charge is 0.463 e. The van der Waals surface area contributed by atoms with Crippen molar-refractivity contribution in [2.75, 3.05) is 4.90 Å². The zero-order valence-corrected chi connectivity index (χ0v) is 17.7. The first-order chi connectivity index (χ1) is 15.2. The monoisotopic (exact) mass is 445 g/mol. The predicted molar refractivity (Wildman–Crippen MR) is 124 cm³/mol. The summed E-state index contributed by atoms with van der Waals surface area (Å²) in [7, 11) is 0. The van der Waals surface area contributed by atoms with Crippen LogP contribution in [0.4, 0.5) is 21.5 Å². The Morgan fingerprint density at radius 3 is 2.06 bits per heavy atom. The van der Waals surface area contributed by atoms with Crippen LogP contribution in [0.15, 0.2) is 95.6 Å². The molecule has 31 heavy (non-hydrogen) atoms. The smallest absolute Gasteiger partial charge is 0.324 e. The standard InChI is InChI=1S/C23H15N3O3S2/c27-26(28)20-14-13-19(30-20)22-21(18-12-7-15-29-18)24-23(31-22)25(16-8-3-1-4-9-16)17-10-5-2-6-11-17/h1-15H. The van der Waals surface area contributed by atoms with Gasteiger partial charge in [-0.2, -0.15) is 0 Å². The maximum Gasteiger partial charge on any atom is 0.324 e. The third kappa shape index (κ3) is 3.74. The van der Waals surface area contributed by atoms with Gasteiger partial charge >= 0.3 is 5.00 Å². The number of thiophene rings is 1. The molecule has 0 aliphatic heterocycles. The molecule has 0 radical (unpaired) electrons. The second kappa shape index (κ2) is 8.17. The number of nitro groups is 1. The van der Waals surface area contributed by atoms with Crippen LogP contribution in [0.5, 0.6) is 0 Å². The van der Waals surface area contributed by atoms with Gasteiger partial charge in [-0.3, -0.25) is 15.0 Å². The van der Waals surface area contributed by atoms with E-state index in [4.69, 9.17) is 9.40 Å². The minimum absolute atomic E-state index is 0.0957. The highest BCUT2D eigenvalue weighted by atomic mass is 32.1. The number of aromatic nitrogens is 1. The number of rotatable bonds is 6. The molecule has 0 spiro atoms. The quantitative estimate of drug-likeness (QED) is 0.200. The Morgan fingerprint density at radius 2 is 1.52 bits per heavy atom. The van der Waals surface area contributed by atoms with E-state index in [0.717, 1.165) is 37.6 Å². The highest BCUT2D eigenvalue weighted by Crippen LogP contribution is 2.47. The number of thiazole rings is 1. The van der Waals surface area contributed by atoms with Crippen LogP contribution in [0.1, 0.15) is 0 Å². The van der Waals surface area contributed by atoms with Crippen molar-refractivity contribution in [1.29, 1.82) is 0 Å². The van der Waals surface area contributed by atoms with Crippen molar-refractivity contribution in [1.82, 2.24) is 4.98 Å². The second-order valence-corrected chi connectivity index (χ2v) is 8.59. The van der Waals surface area contributed by atoms with Gasteiger partial charge in [-0.1, -0.05) is 59.1 Å². The SMILES string of the molecule is O=[N+]([O-])c1ccc(-c2sc(N(c3ccccc3)c3ccccc3)nc2-c2ccco2)s1. The number of anilines is 3. The van der Waals surface area contributed by atoms with Gasteiger partial charge in [0.1, 0.15) is 5.69 Å². The summed E-state index contributed by atoms with van der Waals surface area (Å²) in [5, 5.41) is 12.1. The molecule has 0 unspecified atom stereocenters. The summed E-state index contributed by atoms with van der Waals surface area (Å²) in [5.41, 5.74) is 2.60. The molecule has 2 aromatic carbocycles. The molecule has 6 nitrogen and oxygen atoms in total. The van der Waals surface area contributed by atoms with Crippen molar-refractivity contribution >= 4 is 44.2 Å². The molecule has 152 valence electrons. The summed E-state index contributed by atoms with van der Waals surface area (Å²) < 4.78 is 5.64. The van der Waals surface area contributed by atoms with Gasteiger partial charge in [0.15, 0.2) is 10.9 Å². The minimum atomic E-state index is -0.372. The van der Waals surface area contributed by atoms with Gasteiger partial charge in [-0.25, -0.2) is 4.98 Å². The van der Waals surface area contributed by atoms with Gasteiger partial charge in [0.25, 0.3) is 0 Å². The first-order valence-corrected chi connectivity index (χ1v) is 11.0. The lowest BCUT2D eigenvalue weighted by molar-refractivity contribution is -0.380. The number of nitrogens with zero attached hydrogens (tertiary/aromatic N) is 3. The van der Waals surface area contributed by atoms with E-state index in [-0.39, 0.29) is 9.92 Å². The third-order valence-corrected chi connectivity index (χ3v) is 6.84. The average molecular weight is 446 g/mol. The lowest BCUT2D eigenvalue weighted by Gasteiger charge is -2.22. The van der Waals surface area contributed by atoms with Crippen LogP contribution in [0.3, 0.4) is 0 Å². The Kier molecular flexibility index (Phi) is 5.07. The van der Waals surface area contributed by atoms with Crippen molar-refractivity contribution < 1.29 is 9.34 Å². The van der Waals surface area contributed by atoms with Crippen LogP contribution in [-0.4, -0.2) is 9.91 Å². The summed E-state index contributed by atoms with van der Waals surface area (Å²) in [6, 6.07) is 26.9. The van der Waals surface area contributed by atoms with Crippen molar-refractivity contribution in [2.45, 2.75) is 0 Å². The predicted octanol–water partition coefficient (Wildman–Crippen LogP) is 7.51. The van der Waals surface area contributed by atoms with E-state index in [1.807, 2.05) is 66.7 Å². The lowest BCUT2D eigenvalue weighted by atomic mass is 10.2. The summed E-state index contributed by atoms with van der Waals surface area (Å²) in [5.74, 6) is 0.620. The van der Waals surface area contributed by atoms with Crippen LogP contribution in [0.2, 0.25) is 0 Å². The minimum Gasteiger partial charge on any atom is -0.463 e. The summed E-state index contributed by atoms with van der Waals surface area (Å²) in [4.78, 5) is 19.5. The normalized spacial score (nSPS) is 10.8. The van der Waals surface area contributed by atoms with E-state index in [2.05, 4.69) is 4.90 Å². The van der Waals surface area contributed by atoms with Gasteiger partial charge in [-0.05, 0) is 42.5 Å². The van der Waals surface area contributed by atoms with Gasteiger partial charge in [0.05, 0.1) is 20.9 Å². The van der Waals surface area contributed by atoms with Gasteiger partial charge in [0, 0.05) is 17.4 Å². The van der Waals surface area contributed by atoms with E-state index < -0.39 is 0 Å². The summed E-state index contributed by atoms with van der Waals surface area (Å²) in [6.45, 7) is 0. The van der Waals surface area contributed by atoms with Crippen LogP contribution in [0.25, 0.3) is 21.2 Å². The van der Waals surface area contributed by atoms with Gasteiger partial charge in [-0.15, -0.1) is 0 Å². The summed E-state index contributed by atoms with van der Waals surface area (Å²) >= 11 is 2.61. The first kappa shape index (κ1) is 19.2. The van der Waals surface area contributed by atoms with E-state index in [1.165, 1.54) is 17.4 Å². The second-order valence-electron chi connectivity index (χ2n) is 6.55. The molecule has 5 rings (SSSR count). The van der Waals surface area contributed by atoms with Crippen LogP contribution in [-0.2, 0) is 0 Å². The molecule has 0 saturated carbocycles. The molecule has 0 aliphatic rings. The zero-order chi connectivity index (χ0) is 21.2. The van der Waals surface area contributed by atoms with Gasteiger partial charge < -0.3 is 4.42 Å². The molecule has 0 N–H and O–H groups in total. The van der Waals surface area contributed by atoms with E-state index in [9.17, 15) is 10.1 Å². The Balaban J connectivity index is 1.70. The number of benzene rings is 2. The molecule has 0 bridgehead atoms. The lowest BCUT2D eigenvalue weighted by Crippen LogP contribution is -2.09. The topological polar surface area (TPSA) is 72.4 Å². The Hall–Kier alpha value is -3.75. The van der Waals surface area contributed by atoms with Gasteiger partial charge in [0.2, 0.25) is 0 Å². The molecule has 0 saturated heterocycles. The zero-order valence-electron chi connectivity index (χ0n) is 16.0. The molecule has 0 aliphatic carbocycles. The molecule has 8 heteroatoms. The fourth-order valence-electron chi connectivity index (χ4n) is 3.22. The molecule has 5 aromatic rings. The van der Waals surface area contributed by atoms with Crippen molar-refractivity contribution in [2.24, 2.45) is 0 Å². The number of furan rings is 1. The maximum atomic E-state index is 11.2. The average Bonchev–Trinajstić information content (AvgIpc) is 3.55. The number of hydrogen-bond donors (Lipinski definition) is 0. The highest BCUT2D eigenvalue weighted by Gasteiger charge is 2.24. The van der Waals surface area contributed by atoms with Crippen LogP contribution in [0, 0.1) is 10.1 Å². The Bertz CT molecular complexity index is 1270. The highest BCUT2D eigenvalue weighted by molar-refractivity contribution is 7.25. The number of hydrogen-bond acceptors (Lipinski definition) is 7. The fourth-order valence-corrected chi connectivity index (χ4v) is 5.27. The first-order valence-electron chi connectivity index (χ1n) is 9.40. The molecule has 3 aromatic heterocycles. The maximum absolute atomic E-state index is 11.2. The van der Waals surface area contributed by atoms with E-state index >= 15 is 0 Å². The molecular weight excluding hydrogens is 430 g/mol. The molecule has 0 amide bonds. The van der Waals surface area contributed by atoms with Crippen molar-refractivity contribution in [3.63, 3.8) is 0 Å². The molecule has 0 fully saturated rings. The number of para-hydroxylation sites is 2. The van der Waals surface area contributed by atoms with Crippen LogP contribution >= 0.6 is 22.7 Å². The van der Waals surface area contributed by atoms with Crippen LogP contribution < -0.4 is 4.90 Å². The van der Waals surface area contributed by atoms with Crippen molar-refractivity contribution in [3.05, 3.63) is 101 Å². The Labute approximate surface area is 185 Å². The third-order valence-electron chi connectivity index (χ3n) is 4.59. The Morgan fingerprint density at radius 1 is 0.839 bits per heavy atom. The van der Waals surface area contributed by atoms with Crippen molar-refractivity contribution in [3.8, 4) is 21.2 Å².